The van der Waals surface area contributed by atoms with Crippen molar-refractivity contribution in [2.45, 2.75) is 52.1 Å². The largest absolute Gasteiger partial charge is 0.419 e. The third-order valence-electron chi connectivity index (χ3n) is 7.71. The zero-order chi connectivity index (χ0) is 36.0. The Hall–Kier alpha value is -4.61. The van der Waals surface area contributed by atoms with E-state index in [9.17, 15) is 35.6 Å². The van der Waals surface area contributed by atoms with Crippen molar-refractivity contribution in [2.75, 3.05) is 11.1 Å². The molecule has 6 nitrogen and oxygen atoms in total. The van der Waals surface area contributed by atoms with Crippen molar-refractivity contribution in [1.29, 1.82) is 0 Å². The van der Waals surface area contributed by atoms with Crippen LogP contribution in [-0.4, -0.2) is 30.4 Å². The van der Waals surface area contributed by atoms with Gasteiger partial charge in [-0.15, -0.1) is 0 Å². The van der Waals surface area contributed by atoms with Crippen LogP contribution < -0.4 is 5.32 Å². The molecule has 0 saturated carbocycles. The summed E-state index contributed by atoms with van der Waals surface area (Å²) in [6.45, 7) is 6.26. The number of ketones is 1. The lowest BCUT2D eigenvalue weighted by atomic mass is 9.89. The molecular formula is C38H37F4NO5S. The quantitative estimate of drug-likeness (QED) is 0.0874. The summed E-state index contributed by atoms with van der Waals surface area (Å²) in [6, 6.07) is 23.3. The monoisotopic (exact) mass is 695 g/mol. The molecule has 2 N–H and O–H groups in total. The molecule has 0 aromatic heterocycles. The summed E-state index contributed by atoms with van der Waals surface area (Å²) in [6.07, 6.45) is -0.486. The van der Waals surface area contributed by atoms with Crippen molar-refractivity contribution >= 4 is 33.6 Å². The summed E-state index contributed by atoms with van der Waals surface area (Å²) in [4.78, 5) is 26.3. The van der Waals surface area contributed by atoms with Crippen molar-refractivity contribution in [3.63, 3.8) is 0 Å². The normalized spacial score (nSPS) is 13.0. The molecule has 1 unspecified atom stereocenters. The van der Waals surface area contributed by atoms with E-state index in [0.717, 1.165) is 22.8 Å². The Morgan fingerprint density at radius 2 is 1.47 bits per heavy atom. The van der Waals surface area contributed by atoms with E-state index in [-0.39, 0.29) is 41.9 Å². The molecule has 0 fully saturated rings. The van der Waals surface area contributed by atoms with E-state index in [1.807, 2.05) is 30.3 Å². The zero-order valence-electron chi connectivity index (χ0n) is 27.2. The van der Waals surface area contributed by atoms with Gasteiger partial charge in [-0.1, -0.05) is 99.7 Å². The molecule has 4 aromatic rings. The molecule has 0 saturated heterocycles. The number of rotatable bonds is 12. The van der Waals surface area contributed by atoms with Crippen molar-refractivity contribution < 1.29 is 40.1 Å². The first kappa shape index (κ1) is 37.2. The smallest absolute Gasteiger partial charge is 0.326 e. The first-order chi connectivity index (χ1) is 22.9. The minimum Gasteiger partial charge on any atom is -0.326 e. The predicted octanol–water partition coefficient (Wildman–Crippen LogP) is 9.39. The summed E-state index contributed by atoms with van der Waals surface area (Å²) in [7, 11) is -4.16. The van der Waals surface area contributed by atoms with E-state index in [1.54, 1.807) is 48.5 Å². The number of alkyl halides is 3. The summed E-state index contributed by atoms with van der Waals surface area (Å²) < 4.78 is 83.9. The Balaban J connectivity index is 1.54. The zero-order valence-corrected chi connectivity index (χ0v) is 28.0. The van der Waals surface area contributed by atoms with Gasteiger partial charge in [-0.3, -0.25) is 14.1 Å². The van der Waals surface area contributed by atoms with Gasteiger partial charge in [0.05, 0.1) is 17.2 Å². The highest BCUT2D eigenvalue weighted by Gasteiger charge is 2.34. The predicted molar refractivity (Wildman–Crippen MR) is 183 cm³/mol. The Labute approximate surface area is 283 Å². The van der Waals surface area contributed by atoms with Crippen LogP contribution in [0.15, 0.2) is 97.1 Å². The van der Waals surface area contributed by atoms with E-state index >= 15 is 0 Å². The van der Waals surface area contributed by atoms with Crippen LogP contribution >= 0.6 is 0 Å². The number of carbonyl (C=O) groups excluding carboxylic acids is 2. The van der Waals surface area contributed by atoms with Gasteiger partial charge in [0.15, 0.2) is 5.78 Å². The van der Waals surface area contributed by atoms with E-state index in [4.69, 9.17) is 4.55 Å². The molecule has 11 heteroatoms. The number of Topliss-reactive ketones (excluding diaryl/α,β-unsaturated/α-hetero) is 1. The van der Waals surface area contributed by atoms with Crippen LogP contribution in [0.1, 0.15) is 72.1 Å². The van der Waals surface area contributed by atoms with Gasteiger partial charge in [0.1, 0.15) is 5.82 Å². The lowest BCUT2D eigenvalue weighted by Crippen LogP contribution is -2.23. The van der Waals surface area contributed by atoms with Crippen LogP contribution in [0.4, 0.5) is 23.2 Å². The number of allylic oxidation sites excluding steroid dienone is 1. The Bertz CT molecular complexity index is 1910. The highest BCUT2D eigenvalue weighted by Crippen LogP contribution is 2.34. The highest BCUT2D eigenvalue weighted by molar-refractivity contribution is 7.85. The van der Waals surface area contributed by atoms with E-state index in [0.29, 0.717) is 22.9 Å². The topological polar surface area (TPSA) is 101 Å². The van der Waals surface area contributed by atoms with Crippen molar-refractivity contribution in [3.05, 3.63) is 131 Å². The number of hydrogen-bond donors (Lipinski definition) is 2. The number of benzene rings is 4. The van der Waals surface area contributed by atoms with Gasteiger partial charge in [-0.25, -0.2) is 4.39 Å². The Morgan fingerprint density at radius 3 is 2.02 bits per heavy atom. The maximum atomic E-state index is 14.2. The Kier molecular flexibility index (Phi) is 11.6. The molecule has 1 atom stereocenters. The van der Waals surface area contributed by atoms with E-state index < -0.39 is 39.3 Å². The molecule has 0 heterocycles. The number of amides is 1. The molecule has 0 bridgehead atoms. The number of hydrogen-bond acceptors (Lipinski definition) is 4. The van der Waals surface area contributed by atoms with Crippen LogP contribution in [0.3, 0.4) is 0 Å². The van der Waals surface area contributed by atoms with Gasteiger partial charge < -0.3 is 5.32 Å². The van der Waals surface area contributed by atoms with Crippen LogP contribution in [-0.2, 0) is 27.5 Å². The number of nitrogens with one attached hydrogen (secondary N) is 1. The van der Waals surface area contributed by atoms with Crippen molar-refractivity contribution in [3.8, 4) is 11.1 Å². The van der Waals surface area contributed by atoms with Crippen LogP contribution in [0, 0.1) is 11.2 Å². The average molecular weight is 696 g/mol. The van der Waals surface area contributed by atoms with Crippen molar-refractivity contribution in [2.24, 2.45) is 5.41 Å². The molecule has 1 amide bonds. The molecule has 4 rings (SSSR count). The number of halogens is 4. The standard InChI is InChI=1S/C38H37F4NO5S/c1-37(2,3)21-20-25-6-10-28(11-7-25)32(23-26-8-12-29(13-9-26)35(44)5-4-22-49(46,47)48)36(45)43-31-17-14-27(15-18-31)30-16-19-33(34(39)24-30)38(40,41)42/h6-21,24,32H,4-5,22-23H2,1-3H3,(H,43,45)(H,46,47,48)/b21-20+. The second-order valence-corrected chi connectivity index (χ2v) is 14.5. The Morgan fingerprint density at radius 1 is 0.857 bits per heavy atom. The minimum atomic E-state index is -4.80. The second-order valence-electron chi connectivity index (χ2n) is 12.9. The highest BCUT2D eigenvalue weighted by atomic mass is 32.2. The molecular weight excluding hydrogens is 658 g/mol. The average Bonchev–Trinajstić information content (AvgIpc) is 3.02. The summed E-state index contributed by atoms with van der Waals surface area (Å²) in [5, 5.41) is 2.91. The van der Waals surface area contributed by atoms with Crippen LogP contribution in [0.25, 0.3) is 17.2 Å². The molecule has 0 aliphatic carbocycles. The molecule has 258 valence electrons. The fourth-order valence-corrected chi connectivity index (χ4v) is 5.58. The van der Waals surface area contributed by atoms with Gasteiger partial charge in [0, 0.05) is 17.7 Å². The lowest BCUT2D eigenvalue weighted by molar-refractivity contribution is -0.140. The van der Waals surface area contributed by atoms with Gasteiger partial charge in [0.25, 0.3) is 10.1 Å². The van der Waals surface area contributed by atoms with Gasteiger partial charge >= 0.3 is 6.18 Å². The molecule has 0 spiro atoms. The van der Waals surface area contributed by atoms with Crippen LogP contribution in [0.2, 0.25) is 0 Å². The first-order valence-corrected chi connectivity index (χ1v) is 17.1. The third kappa shape index (κ3) is 11.2. The maximum absolute atomic E-state index is 14.2. The molecule has 0 radical (unpaired) electrons. The maximum Gasteiger partial charge on any atom is 0.419 e. The van der Waals surface area contributed by atoms with E-state index in [1.165, 1.54) is 6.07 Å². The van der Waals surface area contributed by atoms with Gasteiger partial charge in [-0.2, -0.15) is 21.6 Å². The molecule has 0 aliphatic rings. The van der Waals surface area contributed by atoms with Crippen molar-refractivity contribution in [1.82, 2.24) is 0 Å². The first-order valence-electron chi connectivity index (χ1n) is 15.5. The minimum absolute atomic E-state index is 0.00912. The summed E-state index contributed by atoms with van der Waals surface area (Å²) >= 11 is 0. The van der Waals surface area contributed by atoms with Gasteiger partial charge in [-0.05, 0) is 70.3 Å². The fraction of sp³-hybridized carbons (Fsp3) is 0.263. The van der Waals surface area contributed by atoms with Crippen LogP contribution in [0.5, 0.6) is 0 Å². The SMILES string of the molecule is CC(C)(C)/C=C/c1ccc(C(Cc2ccc(C(=O)CCCS(=O)(=O)O)cc2)C(=O)Nc2ccc(-c3ccc(C(F)(F)F)c(F)c3)cc2)cc1. The lowest BCUT2D eigenvalue weighted by Gasteiger charge is -2.19. The van der Waals surface area contributed by atoms with Gasteiger partial charge in [0.2, 0.25) is 5.91 Å². The summed E-state index contributed by atoms with van der Waals surface area (Å²) in [5.74, 6) is -3.13. The fourth-order valence-electron chi connectivity index (χ4n) is 5.07. The molecule has 0 aliphatic heterocycles. The molecule has 49 heavy (non-hydrogen) atoms. The third-order valence-corrected chi connectivity index (χ3v) is 8.52. The number of anilines is 1. The molecule has 4 aromatic carbocycles. The van der Waals surface area contributed by atoms with E-state index in [2.05, 4.69) is 32.2 Å². The number of carbonyl (C=O) groups is 2. The summed E-state index contributed by atoms with van der Waals surface area (Å²) in [5.41, 5.74) is 2.65. The second kappa shape index (κ2) is 15.3.